The maximum absolute atomic E-state index is 14.0. The van der Waals surface area contributed by atoms with E-state index < -0.39 is 35.8 Å². The molecule has 1 aliphatic rings. The second kappa shape index (κ2) is 17.1. The molecule has 0 aliphatic carbocycles. The smallest absolute Gasteiger partial charge is 0.338 e. The van der Waals surface area contributed by atoms with Gasteiger partial charge in [-0.05, 0) is 34.4 Å². The lowest BCUT2D eigenvalue weighted by molar-refractivity contribution is -0.250. The zero-order valence-electron chi connectivity index (χ0n) is 26.0. The van der Waals surface area contributed by atoms with E-state index in [9.17, 15) is 4.79 Å². The Morgan fingerprint density at radius 2 is 0.872 bits per heavy atom. The number of thioether (sulfide) groups is 1. The Hall–Kier alpha value is -4.24. The molecule has 0 spiro atoms. The predicted molar refractivity (Wildman–Crippen MR) is 182 cm³/mol. The lowest BCUT2D eigenvalue weighted by Crippen LogP contribution is -2.61. The first-order chi connectivity index (χ1) is 23.2. The van der Waals surface area contributed by atoms with Gasteiger partial charge < -0.3 is 23.7 Å². The minimum absolute atomic E-state index is 0.116. The molecule has 5 aromatic carbocycles. The maximum Gasteiger partial charge on any atom is 0.338 e. The standard InChI is InChI=1S/C40H38O6S/c41-39(45-29-33-22-12-4-13-23-33)37-35(42-26-30-16-6-1-7-17-30)36(43-27-31-18-8-2-9-19-31)38(44-28-32-20-10-3-11-21-32)40(46-37)47-34-24-14-5-15-25-34/h1-25,35-38,40H,26-29H2/t35-,36+,37+,38-,40+/m1/s1. The van der Waals surface area contributed by atoms with Crippen LogP contribution in [0.5, 0.6) is 0 Å². The molecule has 6 rings (SSSR count). The summed E-state index contributed by atoms with van der Waals surface area (Å²) in [5.41, 5.74) is 3.26. The minimum Gasteiger partial charge on any atom is -0.459 e. The molecule has 0 aromatic heterocycles. The number of hydrogen-bond donors (Lipinski definition) is 0. The Bertz CT molecular complexity index is 1620. The third-order valence-corrected chi connectivity index (χ3v) is 8.96. The molecular weight excluding hydrogens is 609 g/mol. The Kier molecular flexibility index (Phi) is 11.9. The molecule has 0 radical (unpaired) electrons. The largest absolute Gasteiger partial charge is 0.459 e. The van der Waals surface area contributed by atoms with Gasteiger partial charge in [0.2, 0.25) is 0 Å². The van der Waals surface area contributed by atoms with Crippen molar-refractivity contribution in [3.8, 4) is 0 Å². The predicted octanol–water partition coefficient (Wildman–Crippen LogP) is 8.00. The van der Waals surface area contributed by atoms with E-state index in [1.54, 1.807) is 0 Å². The van der Waals surface area contributed by atoms with Gasteiger partial charge in [0.1, 0.15) is 30.4 Å². The van der Waals surface area contributed by atoms with E-state index in [1.807, 2.05) is 152 Å². The van der Waals surface area contributed by atoms with Crippen molar-refractivity contribution in [2.24, 2.45) is 0 Å². The zero-order chi connectivity index (χ0) is 32.1. The van der Waals surface area contributed by atoms with Crippen molar-refractivity contribution >= 4 is 17.7 Å². The van der Waals surface area contributed by atoms with Crippen LogP contribution < -0.4 is 0 Å². The summed E-state index contributed by atoms with van der Waals surface area (Å²) in [7, 11) is 0. The average Bonchev–Trinajstić information content (AvgIpc) is 3.14. The summed E-state index contributed by atoms with van der Waals surface area (Å²) in [4.78, 5) is 14.9. The molecule has 6 nitrogen and oxygen atoms in total. The summed E-state index contributed by atoms with van der Waals surface area (Å²) in [6.07, 6.45) is -3.16. The summed E-state index contributed by atoms with van der Waals surface area (Å²) < 4.78 is 32.6. The molecule has 0 N–H and O–H groups in total. The third kappa shape index (κ3) is 9.41. The summed E-state index contributed by atoms with van der Waals surface area (Å²) in [5.74, 6) is -0.514. The second-order valence-electron chi connectivity index (χ2n) is 11.2. The number of carbonyl (C=O) groups is 1. The fraction of sp³-hybridized carbons (Fsp3) is 0.225. The number of esters is 1. The van der Waals surface area contributed by atoms with Crippen LogP contribution in [0, 0.1) is 0 Å². The van der Waals surface area contributed by atoms with Gasteiger partial charge in [-0.3, -0.25) is 0 Å². The van der Waals surface area contributed by atoms with E-state index in [1.165, 1.54) is 11.8 Å². The fourth-order valence-electron chi connectivity index (χ4n) is 5.39. The Morgan fingerprint density at radius 3 is 1.34 bits per heavy atom. The van der Waals surface area contributed by atoms with Crippen LogP contribution in [0.3, 0.4) is 0 Å². The van der Waals surface area contributed by atoms with Crippen LogP contribution in [-0.4, -0.2) is 35.8 Å². The quantitative estimate of drug-likeness (QED) is 0.113. The number of carbonyl (C=O) groups excluding carboxylic acids is 1. The summed E-state index contributed by atoms with van der Waals surface area (Å²) in [6, 6.07) is 49.4. The third-order valence-electron chi connectivity index (χ3n) is 7.80. The van der Waals surface area contributed by atoms with Crippen LogP contribution in [0.1, 0.15) is 22.3 Å². The summed E-state index contributed by atoms with van der Waals surface area (Å²) in [5, 5.41) is 0. The summed E-state index contributed by atoms with van der Waals surface area (Å²) in [6.45, 7) is 1.01. The number of benzene rings is 5. The van der Waals surface area contributed by atoms with Crippen molar-refractivity contribution in [2.45, 2.75) is 61.2 Å². The van der Waals surface area contributed by atoms with Crippen molar-refractivity contribution in [3.63, 3.8) is 0 Å². The molecule has 0 bridgehead atoms. The Labute approximate surface area is 280 Å². The molecular formula is C40H38O6S. The molecule has 1 heterocycles. The van der Waals surface area contributed by atoms with Gasteiger partial charge in [-0.1, -0.05) is 151 Å². The van der Waals surface area contributed by atoms with Gasteiger partial charge in [-0.15, -0.1) is 0 Å². The van der Waals surface area contributed by atoms with Crippen molar-refractivity contribution in [1.82, 2.24) is 0 Å². The molecule has 7 heteroatoms. The number of hydrogen-bond acceptors (Lipinski definition) is 7. The van der Waals surface area contributed by atoms with Crippen molar-refractivity contribution < 1.29 is 28.5 Å². The van der Waals surface area contributed by atoms with E-state index in [-0.39, 0.29) is 13.2 Å². The van der Waals surface area contributed by atoms with Gasteiger partial charge in [0, 0.05) is 4.90 Å². The fourth-order valence-corrected chi connectivity index (χ4v) is 6.51. The van der Waals surface area contributed by atoms with E-state index in [2.05, 4.69) is 0 Å². The van der Waals surface area contributed by atoms with Crippen LogP contribution >= 0.6 is 11.8 Å². The van der Waals surface area contributed by atoms with Gasteiger partial charge in [0.05, 0.1) is 19.8 Å². The molecule has 47 heavy (non-hydrogen) atoms. The van der Waals surface area contributed by atoms with Crippen LogP contribution in [0.25, 0.3) is 0 Å². The first-order valence-corrected chi connectivity index (χ1v) is 16.7. The lowest BCUT2D eigenvalue weighted by atomic mass is 9.98. The average molecular weight is 647 g/mol. The molecule has 0 saturated carbocycles. The van der Waals surface area contributed by atoms with E-state index in [4.69, 9.17) is 23.7 Å². The highest BCUT2D eigenvalue weighted by atomic mass is 32.2. The lowest BCUT2D eigenvalue weighted by Gasteiger charge is -2.45. The van der Waals surface area contributed by atoms with Crippen molar-refractivity contribution in [1.29, 1.82) is 0 Å². The van der Waals surface area contributed by atoms with Crippen molar-refractivity contribution in [2.75, 3.05) is 0 Å². The van der Waals surface area contributed by atoms with Crippen LogP contribution in [0.4, 0.5) is 0 Å². The monoisotopic (exact) mass is 646 g/mol. The highest BCUT2D eigenvalue weighted by molar-refractivity contribution is 7.99. The molecule has 1 fully saturated rings. The van der Waals surface area contributed by atoms with Gasteiger partial charge in [0.25, 0.3) is 0 Å². The number of ether oxygens (including phenoxy) is 5. The molecule has 5 atom stereocenters. The van der Waals surface area contributed by atoms with Gasteiger partial charge in [-0.2, -0.15) is 0 Å². The highest BCUT2D eigenvalue weighted by Crippen LogP contribution is 2.38. The van der Waals surface area contributed by atoms with Gasteiger partial charge in [0.15, 0.2) is 6.10 Å². The highest BCUT2D eigenvalue weighted by Gasteiger charge is 2.52. The maximum atomic E-state index is 14.0. The van der Waals surface area contributed by atoms with Gasteiger partial charge >= 0.3 is 5.97 Å². The number of rotatable bonds is 14. The Morgan fingerprint density at radius 1 is 0.489 bits per heavy atom. The van der Waals surface area contributed by atoms with Gasteiger partial charge in [-0.25, -0.2) is 4.79 Å². The molecule has 0 unspecified atom stereocenters. The van der Waals surface area contributed by atoms with E-state index in [0.717, 1.165) is 27.1 Å². The normalized spacial score (nSPS) is 20.8. The molecule has 1 saturated heterocycles. The van der Waals surface area contributed by atoms with Crippen LogP contribution in [0.15, 0.2) is 157 Å². The first kappa shape index (κ1) is 32.7. The minimum atomic E-state index is -1.07. The Balaban J connectivity index is 1.34. The van der Waals surface area contributed by atoms with E-state index >= 15 is 0 Å². The second-order valence-corrected chi connectivity index (χ2v) is 12.4. The van der Waals surface area contributed by atoms with E-state index in [0.29, 0.717) is 13.2 Å². The topological polar surface area (TPSA) is 63.2 Å². The summed E-state index contributed by atoms with van der Waals surface area (Å²) >= 11 is 1.49. The first-order valence-electron chi connectivity index (χ1n) is 15.8. The SMILES string of the molecule is O=C(OCc1ccccc1)[C@H]1O[C@@H](Sc2ccccc2)[C@H](OCc2ccccc2)[C@@H](OCc2ccccc2)[C@H]1OCc1ccccc1. The zero-order valence-corrected chi connectivity index (χ0v) is 26.8. The van der Waals surface area contributed by atoms with Crippen LogP contribution in [-0.2, 0) is 54.9 Å². The molecule has 240 valence electrons. The molecule has 0 amide bonds. The molecule has 1 aliphatic heterocycles. The van der Waals surface area contributed by atoms with Crippen molar-refractivity contribution in [3.05, 3.63) is 174 Å². The molecule has 5 aromatic rings. The van der Waals surface area contributed by atoms with Crippen LogP contribution in [0.2, 0.25) is 0 Å².